The number of rotatable bonds is 0. The van der Waals surface area contributed by atoms with Crippen LogP contribution >= 0.6 is 0 Å². The molecule has 3 aromatic rings. The predicted octanol–water partition coefficient (Wildman–Crippen LogP) is 5.50. The van der Waals surface area contributed by atoms with E-state index < -0.39 is 0 Å². The summed E-state index contributed by atoms with van der Waals surface area (Å²) in [5.41, 5.74) is 7.24. The summed E-state index contributed by atoms with van der Waals surface area (Å²) in [7, 11) is 0. The third-order valence-corrected chi connectivity index (χ3v) is 4.43. The molecule has 0 atom stereocenters. The maximum Gasteiger partial charge on any atom is 0.000891 e. The summed E-state index contributed by atoms with van der Waals surface area (Å²) in [4.78, 5) is 0. The van der Waals surface area contributed by atoms with E-state index in [-0.39, 0.29) is 0 Å². The molecule has 0 radical (unpaired) electrons. The second kappa shape index (κ2) is 4.37. The number of allylic oxidation sites excluding steroid dienone is 1. The molecule has 96 valence electrons. The van der Waals surface area contributed by atoms with Gasteiger partial charge in [0.25, 0.3) is 0 Å². The molecule has 4 rings (SSSR count). The van der Waals surface area contributed by atoms with Crippen LogP contribution in [0.3, 0.4) is 0 Å². The van der Waals surface area contributed by atoms with E-state index in [2.05, 4.69) is 60.8 Å². The van der Waals surface area contributed by atoms with Gasteiger partial charge in [-0.3, -0.25) is 0 Å². The Morgan fingerprint density at radius 3 is 2.55 bits per heavy atom. The summed E-state index contributed by atoms with van der Waals surface area (Å²) in [5, 5.41) is 5.43. The quantitative estimate of drug-likeness (QED) is 0.368. The molecule has 0 unspecified atom stereocenters. The molecule has 20 heavy (non-hydrogen) atoms. The van der Waals surface area contributed by atoms with E-state index >= 15 is 0 Å². The average Bonchev–Trinajstić information content (AvgIpc) is 2.53. The molecular formula is C20H16. The Morgan fingerprint density at radius 2 is 1.65 bits per heavy atom. The fourth-order valence-corrected chi connectivity index (χ4v) is 3.46. The summed E-state index contributed by atoms with van der Waals surface area (Å²) in [6, 6.07) is 17.7. The summed E-state index contributed by atoms with van der Waals surface area (Å²) >= 11 is 0. The van der Waals surface area contributed by atoms with Crippen LogP contribution < -0.4 is 0 Å². The smallest absolute Gasteiger partial charge is 0.000891 e. The van der Waals surface area contributed by atoms with Crippen LogP contribution in [0, 0.1) is 0 Å². The van der Waals surface area contributed by atoms with Crippen molar-refractivity contribution in [2.24, 2.45) is 0 Å². The van der Waals surface area contributed by atoms with E-state index in [1.165, 1.54) is 44.7 Å². The van der Waals surface area contributed by atoms with Crippen LogP contribution in [0.5, 0.6) is 0 Å². The minimum Gasteiger partial charge on any atom is -0.125 e. The fraction of sp³-hybridized carbons (Fsp3) is 0.150. The fourth-order valence-electron chi connectivity index (χ4n) is 3.46. The van der Waals surface area contributed by atoms with Gasteiger partial charge in [0.2, 0.25) is 0 Å². The highest BCUT2D eigenvalue weighted by Crippen LogP contribution is 2.37. The van der Waals surface area contributed by atoms with Gasteiger partial charge in [-0.15, -0.1) is 5.73 Å². The largest absolute Gasteiger partial charge is 0.125 e. The second-order valence-electron chi connectivity index (χ2n) is 5.48. The van der Waals surface area contributed by atoms with Crippen molar-refractivity contribution in [2.75, 3.05) is 0 Å². The number of hydrogen-bond acceptors (Lipinski definition) is 0. The van der Waals surface area contributed by atoms with Crippen molar-refractivity contribution in [3.8, 4) is 0 Å². The van der Waals surface area contributed by atoms with Crippen molar-refractivity contribution < 1.29 is 0 Å². The second-order valence-corrected chi connectivity index (χ2v) is 5.48. The first kappa shape index (κ1) is 11.5. The van der Waals surface area contributed by atoms with Crippen LogP contribution in [0.4, 0.5) is 0 Å². The predicted molar refractivity (Wildman–Crippen MR) is 86.9 cm³/mol. The SMILES string of the molecule is C=C=C1CCCc2c1ccc1c2ccc2ccccc21. The summed E-state index contributed by atoms with van der Waals surface area (Å²) in [6.45, 7) is 3.85. The molecular weight excluding hydrogens is 240 g/mol. The van der Waals surface area contributed by atoms with Crippen molar-refractivity contribution in [3.05, 3.63) is 72.0 Å². The van der Waals surface area contributed by atoms with Crippen molar-refractivity contribution in [3.63, 3.8) is 0 Å². The van der Waals surface area contributed by atoms with Gasteiger partial charge in [-0.05, 0) is 51.9 Å². The molecule has 1 aliphatic carbocycles. The molecule has 0 fully saturated rings. The van der Waals surface area contributed by atoms with Crippen molar-refractivity contribution in [1.82, 2.24) is 0 Å². The van der Waals surface area contributed by atoms with Gasteiger partial charge in [-0.2, -0.15) is 0 Å². The molecule has 0 bridgehead atoms. The molecule has 0 saturated heterocycles. The Morgan fingerprint density at radius 1 is 0.800 bits per heavy atom. The summed E-state index contributed by atoms with van der Waals surface area (Å²) in [6.07, 6.45) is 3.47. The number of hydrogen-bond donors (Lipinski definition) is 0. The standard InChI is InChI=1S/C20H16/c1-2-14-7-5-9-18-17(14)12-13-19-16-8-4-3-6-15(16)10-11-20(18)19/h3-4,6,8,10-13H,1,5,7,9H2. The van der Waals surface area contributed by atoms with E-state index in [1.807, 2.05) is 0 Å². The highest BCUT2D eigenvalue weighted by Gasteiger charge is 2.16. The Hall–Kier alpha value is -2.30. The van der Waals surface area contributed by atoms with Crippen molar-refractivity contribution >= 4 is 27.1 Å². The molecule has 0 heterocycles. The molecule has 0 amide bonds. The van der Waals surface area contributed by atoms with E-state index in [9.17, 15) is 0 Å². The minimum atomic E-state index is 1.11. The molecule has 0 spiro atoms. The zero-order chi connectivity index (χ0) is 13.5. The molecule has 3 aromatic carbocycles. The zero-order valence-electron chi connectivity index (χ0n) is 11.4. The molecule has 0 N–H and O–H groups in total. The van der Waals surface area contributed by atoms with Crippen LogP contribution in [-0.2, 0) is 6.42 Å². The third kappa shape index (κ3) is 1.56. The monoisotopic (exact) mass is 256 g/mol. The molecule has 0 aromatic heterocycles. The normalized spacial score (nSPS) is 14.3. The number of fused-ring (bicyclic) bond motifs is 5. The van der Waals surface area contributed by atoms with Crippen LogP contribution in [0.1, 0.15) is 24.0 Å². The molecule has 1 aliphatic rings. The summed E-state index contributed by atoms with van der Waals surface area (Å²) < 4.78 is 0. The average molecular weight is 256 g/mol. The Balaban J connectivity index is 2.15. The summed E-state index contributed by atoms with van der Waals surface area (Å²) in [5.74, 6) is 0. The van der Waals surface area contributed by atoms with Gasteiger partial charge in [-0.25, -0.2) is 0 Å². The Kier molecular flexibility index (Phi) is 2.52. The molecule has 0 saturated carbocycles. The highest BCUT2D eigenvalue weighted by atomic mass is 14.2. The Bertz CT molecular complexity index is 877. The lowest BCUT2D eigenvalue weighted by Crippen LogP contribution is -2.02. The van der Waals surface area contributed by atoms with Crippen LogP contribution in [0.15, 0.2) is 60.8 Å². The van der Waals surface area contributed by atoms with Gasteiger partial charge in [0.15, 0.2) is 0 Å². The first-order valence-electron chi connectivity index (χ1n) is 7.21. The van der Waals surface area contributed by atoms with E-state index in [4.69, 9.17) is 0 Å². The van der Waals surface area contributed by atoms with Gasteiger partial charge in [-0.1, -0.05) is 55.1 Å². The van der Waals surface area contributed by atoms with Crippen molar-refractivity contribution in [2.45, 2.75) is 19.3 Å². The molecule has 0 heteroatoms. The molecule has 0 aliphatic heterocycles. The van der Waals surface area contributed by atoms with Gasteiger partial charge in [0.05, 0.1) is 0 Å². The van der Waals surface area contributed by atoms with E-state index in [0.29, 0.717) is 0 Å². The van der Waals surface area contributed by atoms with Crippen LogP contribution in [0.2, 0.25) is 0 Å². The first-order valence-corrected chi connectivity index (χ1v) is 7.21. The van der Waals surface area contributed by atoms with Crippen LogP contribution in [-0.4, -0.2) is 0 Å². The van der Waals surface area contributed by atoms with E-state index in [0.717, 1.165) is 12.8 Å². The Labute approximate surface area is 119 Å². The zero-order valence-corrected chi connectivity index (χ0v) is 11.4. The van der Waals surface area contributed by atoms with Crippen LogP contribution in [0.25, 0.3) is 27.1 Å². The third-order valence-electron chi connectivity index (χ3n) is 4.43. The lowest BCUT2D eigenvalue weighted by Gasteiger charge is -2.20. The van der Waals surface area contributed by atoms with E-state index in [1.54, 1.807) is 0 Å². The highest BCUT2D eigenvalue weighted by molar-refractivity contribution is 6.09. The van der Waals surface area contributed by atoms with Gasteiger partial charge >= 0.3 is 0 Å². The van der Waals surface area contributed by atoms with Gasteiger partial charge in [0.1, 0.15) is 0 Å². The first-order chi connectivity index (χ1) is 9.88. The minimum absolute atomic E-state index is 1.11. The maximum atomic E-state index is 3.85. The molecule has 0 nitrogen and oxygen atoms in total. The topological polar surface area (TPSA) is 0 Å². The number of benzene rings is 3. The van der Waals surface area contributed by atoms with Gasteiger partial charge in [0, 0.05) is 5.57 Å². The lowest BCUT2D eigenvalue weighted by atomic mass is 9.84. The van der Waals surface area contributed by atoms with Crippen molar-refractivity contribution in [1.29, 1.82) is 0 Å². The lowest BCUT2D eigenvalue weighted by molar-refractivity contribution is 0.829. The maximum absolute atomic E-state index is 3.85. The van der Waals surface area contributed by atoms with Gasteiger partial charge < -0.3 is 0 Å². The number of aryl methyl sites for hydroxylation is 1.